The molecular weight excluding hydrogens is 220 g/mol. The first-order valence-electron chi connectivity index (χ1n) is 6.16. The first kappa shape index (κ1) is 13.8. The van der Waals surface area contributed by atoms with Crippen LogP contribution in [0.2, 0.25) is 0 Å². The lowest BCUT2D eigenvalue weighted by atomic mass is 10.0. The number of nitrogens with zero attached hydrogens (tertiary/aromatic N) is 1. The van der Waals surface area contributed by atoms with E-state index in [-0.39, 0.29) is 6.04 Å². The van der Waals surface area contributed by atoms with E-state index in [1.54, 1.807) is 0 Å². The van der Waals surface area contributed by atoms with Gasteiger partial charge in [0.1, 0.15) is 0 Å². The molecule has 16 heavy (non-hydrogen) atoms. The van der Waals surface area contributed by atoms with Crippen molar-refractivity contribution in [3.8, 4) is 0 Å². The van der Waals surface area contributed by atoms with Crippen molar-refractivity contribution < 1.29 is 4.79 Å². The van der Waals surface area contributed by atoms with Crippen molar-refractivity contribution in [1.82, 2.24) is 10.2 Å². The fourth-order valence-electron chi connectivity index (χ4n) is 2.00. The standard InChI is InChI=1S/C12H24N2OS/c1-10(2)8-11-12(15)14(9-13-11)6-4-5-7-16-3/h10-11,13H,4-9H2,1-3H3. The van der Waals surface area contributed by atoms with Crippen molar-refractivity contribution in [3.63, 3.8) is 0 Å². The van der Waals surface area contributed by atoms with E-state index < -0.39 is 0 Å². The molecule has 0 aliphatic carbocycles. The zero-order valence-corrected chi connectivity index (χ0v) is 11.5. The van der Waals surface area contributed by atoms with E-state index in [1.165, 1.54) is 12.2 Å². The molecule has 1 saturated heterocycles. The summed E-state index contributed by atoms with van der Waals surface area (Å²) in [4.78, 5) is 13.9. The number of hydrogen-bond acceptors (Lipinski definition) is 3. The highest BCUT2D eigenvalue weighted by Crippen LogP contribution is 2.13. The second-order valence-corrected chi connectivity index (χ2v) is 5.83. The molecule has 1 heterocycles. The Hall–Kier alpha value is -0.220. The summed E-state index contributed by atoms with van der Waals surface area (Å²) in [7, 11) is 0. The molecule has 1 aliphatic rings. The van der Waals surface area contributed by atoms with Gasteiger partial charge in [0.15, 0.2) is 0 Å². The number of carbonyl (C=O) groups is 1. The topological polar surface area (TPSA) is 32.3 Å². The first-order valence-corrected chi connectivity index (χ1v) is 7.55. The molecule has 3 nitrogen and oxygen atoms in total. The third-order valence-corrected chi connectivity index (χ3v) is 3.57. The average molecular weight is 244 g/mol. The van der Waals surface area contributed by atoms with Crippen molar-refractivity contribution in [2.45, 2.75) is 39.2 Å². The molecule has 94 valence electrons. The van der Waals surface area contributed by atoms with Gasteiger partial charge in [-0.15, -0.1) is 0 Å². The highest BCUT2D eigenvalue weighted by molar-refractivity contribution is 7.98. The molecule has 1 amide bonds. The number of thioether (sulfide) groups is 1. The lowest BCUT2D eigenvalue weighted by molar-refractivity contribution is -0.129. The molecule has 0 aromatic carbocycles. The van der Waals surface area contributed by atoms with Crippen LogP contribution in [-0.4, -0.2) is 42.1 Å². The van der Waals surface area contributed by atoms with Gasteiger partial charge >= 0.3 is 0 Å². The Bertz CT molecular complexity index is 221. The quantitative estimate of drug-likeness (QED) is 0.695. The minimum absolute atomic E-state index is 0.0700. The smallest absolute Gasteiger partial charge is 0.240 e. The van der Waals surface area contributed by atoms with Crippen LogP contribution in [0.4, 0.5) is 0 Å². The van der Waals surface area contributed by atoms with Crippen LogP contribution < -0.4 is 5.32 Å². The van der Waals surface area contributed by atoms with Crippen LogP contribution in [0.15, 0.2) is 0 Å². The van der Waals surface area contributed by atoms with Crippen LogP contribution in [0.1, 0.15) is 33.1 Å². The third-order valence-electron chi connectivity index (χ3n) is 2.87. The van der Waals surface area contributed by atoms with Crippen LogP contribution in [0.3, 0.4) is 0 Å². The molecule has 1 aliphatic heterocycles. The van der Waals surface area contributed by atoms with Crippen molar-refractivity contribution >= 4 is 17.7 Å². The molecule has 0 aromatic heterocycles. The molecule has 1 N–H and O–H groups in total. The van der Waals surface area contributed by atoms with Gasteiger partial charge in [0.25, 0.3) is 0 Å². The largest absolute Gasteiger partial charge is 0.329 e. The zero-order chi connectivity index (χ0) is 12.0. The lowest BCUT2D eigenvalue weighted by Crippen LogP contribution is -2.32. The van der Waals surface area contributed by atoms with E-state index >= 15 is 0 Å². The third kappa shape index (κ3) is 4.34. The van der Waals surface area contributed by atoms with E-state index in [4.69, 9.17) is 0 Å². The number of hydrogen-bond donors (Lipinski definition) is 1. The lowest BCUT2D eigenvalue weighted by Gasteiger charge is -2.15. The fourth-order valence-corrected chi connectivity index (χ4v) is 2.49. The molecule has 0 saturated carbocycles. The zero-order valence-electron chi connectivity index (χ0n) is 10.7. The Labute approximate surface area is 103 Å². The van der Waals surface area contributed by atoms with Crippen molar-refractivity contribution in [2.24, 2.45) is 5.92 Å². The van der Waals surface area contributed by atoms with Gasteiger partial charge in [0, 0.05) is 6.54 Å². The van der Waals surface area contributed by atoms with Gasteiger partial charge in [-0.05, 0) is 37.2 Å². The number of unbranched alkanes of at least 4 members (excludes halogenated alkanes) is 1. The van der Waals surface area contributed by atoms with Gasteiger partial charge in [-0.3, -0.25) is 10.1 Å². The monoisotopic (exact) mass is 244 g/mol. The van der Waals surface area contributed by atoms with Gasteiger partial charge in [-0.2, -0.15) is 11.8 Å². The average Bonchev–Trinajstić information content (AvgIpc) is 2.56. The van der Waals surface area contributed by atoms with Crippen LogP contribution >= 0.6 is 11.8 Å². The highest BCUT2D eigenvalue weighted by atomic mass is 32.2. The highest BCUT2D eigenvalue weighted by Gasteiger charge is 2.30. The molecule has 1 unspecified atom stereocenters. The van der Waals surface area contributed by atoms with Gasteiger partial charge in [-0.1, -0.05) is 13.8 Å². The van der Waals surface area contributed by atoms with Crippen LogP contribution in [0.25, 0.3) is 0 Å². The van der Waals surface area contributed by atoms with E-state index in [0.29, 0.717) is 11.8 Å². The molecule has 0 spiro atoms. The van der Waals surface area contributed by atoms with E-state index in [9.17, 15) is 4.79 Å². The molecular formula is C12H24N2OS. The summed E-state index contributed by atoms with van der Waals surface area (Å²) in [5.41, 5.74) is 0. The van der Waals surface area contributed by atoms with Crippen LogP contribution in [-0.2, 0) is 4.79 Å². The Morgan fingerprint density at radius 2 is 2.25 bits per heavy atom. The van der Waals surface area contributed by atoms with Crippen molar-refractivity contribution in [2.75, 3.05) is 25.2 Å². The molecule has 0 radical (unpaired) electrons. The second kappa shape index (κ2) is 7.17. The Kier molecular flexibility index (Phi) is 6.21. The Morgan fingerprint density at radius 3 is 2.88 bits per heavy atom. The molecule has 1 rings (SSSR count). The first-order chi connectivity index (χ1) is 7.65. The maximum absolute atomic E-state index is 12.0. The second-order valence-electron chi connectivity index (χ2n) is 4.85. The summed E-state index contributed by atoms with van der Waals surface area (Å²) in [6.45, 7) is 5.99. The summed E-state index contributed by atoms with van der Waals surface area (Å²) in [6.07, 6.45) is 5.42. The predicted octanol–water partition coefficient (Wildman–Crippen LogP) is 1.93. The molecule has 0 bridgehead atoms. The maximum atomic E-state index is 12.0. The maximum Gasteiger partial charge on any atom is 0.240 e. The summed E-state index contributed by atoms with van der Waals surface area (Å²) >= 11 is 1.87. The number of carbonyl (C=O) groups excluding carboxylic acids is 1. The SMILES string of the molecule is CSCCCCN1CNC(CC(C)C)C1=O. The summed E-state index contributed by atoms with van der Waals surface area (Å²) in [6, 6.07) is 0.0700. The van der Waals surface area contributed by atoms with Gasteiger partial charge in [-0.25, -0.2) is 0 Å². The van der Waals surface area contributed by atoms with Crippen LogP contribution in [0.5, 0.6) is 0 Å². The number of amides is 1. The van der Waals surface area contributed by atoms with Gasteiger partial charge in [0.05, 0.1) is 12.7 Å². The van der Waals surface area contributed by atoms with Gasteiger partial charge in [0.2, 0.25) is 5.91 Å². The molecule has 0 aromatic rings. The summed E-state index contributed by atoms with van der Waals surface area (Å²) in [5.74, 6) is 2.08. The van der Waals surface area contributed by atoms with Crippen LogP contribution in [0, 0.1) is 5.92 Å². The van der Waals surface area contributed by atoms with E-state index in [1.807, 2.05) is 16.7 Å². The molecule has 4 heteroatoms. The minimum atomic E-state index is 0.0700. The van der Waals surface area contributed by atoms with Crippen molar-refractivity contribution in [3.05, 3.63) is 0 Å². The summed E-state index contributed by atoms with van der Waals surface area (Å²) in [5, 5.41) is 3.30. The van der Waals surface area contributed by atoms with Crippen molar-refractivity contribution in [1.29, 1.82) is 0 Å². The molecule has 1 atom stereocenters. The summed E-state index contributed by atoms with van der Waals surface area (Å²) < 4.78 is 0. The Balaban J connectivity index is 2.22. The number of rotatable bonds is 7. The van der Waals surface area contributed by atoms with E-state index in [0.717, 1.165) is 26.1 Å². The van der Waals surface area contributed by atoms with E-state index in [2.05, 4.69) is 25.4 Å². The van der Waals surface area contributed by atoms with Gasteiger partial charge < -0.3 is 4.90 Å². The predicted molar refractivity (Wildman–Crippen MR) is 70.6 cm³/mol. The fraction of sp³-hybridized carbons (Fsp3) is 0.917. The number of nitrogens with one attached hydrogen (secondary N) is 1. The normalized spacial score (nSPS) is 21.1. The minimum Gasteiger partial charge on any atom is -0.329 e. The molecule has 1 fully saturated rings. The Morgan fingerprint density at radius 1 is 1.50 bits per heavy atom.